The first-order chi connectivity index (χ1) is 14.9. The molecule has 0 radical (unpaired) electrons. The second kappa shape index (κ2) is 11.2. The lowest BCUT2D eigenvalue weighted by molar-refractivity contribution is -0.144. The molecule has 31 heavy (non-hydrogen) atoms. The Labute approximate surface area is 188 Å². The Kier molecular flexibility index (Phi) is 8.37. The summed E-state index contributed by atoms with van der Waals surface area (Å²) in [5.74, 6) is -0.562. The number of benzene rings is 2. The van der Waals surface area contributed by atoms with Crippen molar-refractivity contribution in [2.45, 2.75) is 25.7 Å². The first-order valence-corrected chi connectivity index (χ1v) is 11.7. The lowest BCUT2D eigenvalue weighted by Gasteiger charge is -2.35. The zero-order chi connectivity index (χ0) is 22.2. The molecule has 6 nitrogen and oxygen atoms in total. The molecule has 0 atom stereocenters. The van der Waals surface area contributed by atoms with E-state index in [-0.39, 0.29) is 18.3 Å². The van der Waals surface area contributed by atoms with Gasteiger partial charge >= 0.3 is 5.97 Å². The molecule has 0 aromatic heterocycles. The minimum absolute atomic E-state index is 0.178. The third kappa shape index (κ3) is 7.01. The maximum atomic E-state index is 12.1. The number of hydrogen-bond acceptors (Lipinski definition) is 6. The number of thioether (sulfide) groups is 1. The number of hydrogen-bond donors (Lipinski definition) is 1. The minimum atomic E-state index is -0.401. The summed E-state index contributed by atoms with van der Waals surface area (Å²) in [5, 5.41) is 2.78. The number of amides is 1. The number of esters is 1. The molecule has 166 valence electrons. The van der Waals surface area contributed by atoms with E-state index in [1.54, 1.807) is 0 Å². The van der Waals surface area contributed by atoms with Crippen LogP contribution in [0.3, 0.4) is 0 Å². The molecule has 1 aliphatic heterocycles. The van der Waals surface area contributed by atoms with Crippen molar-refractivity contribution in [3.63, 3.8) is 0 Å². The van der Waals surface area contributed by atoms with Crippen LogP contribution in [0.2, 0.25) is 0 Å². The van der Waals surface area contributed by atoms with Gasteiger partial charge in [0.05, 0.1) is 5.75 Å². The maximum absolute atomic E-state index is 12.1. The van der Waals surface area contributed by atoms with Crippen molar-refractivity contribution < 1.29 is 14.3 Å². The summed E-state index contributed by atoms with van der Waals surface area (Å²) in [6.07, 6.45) is 0. The Morgan fingerprint density at radius 3 is 2.39 bits per heavy atom. The Hall–Kier alpha value is -2.51. The largest absolute Gasteiger partial charge is 0.455 e. The van der Waals surface area contributed by atoms with E-state index in [1.807, 2.05) is 50.2 Å². The SMILES string of the molecule is CCN1CCN(c2ccc(NC(=O)COC(=O)CSc3ccc(C)cc3C)cc2)CC1. The molecule has 1 fully saturated rings. The van der Waals surface area contributed by atoms with Gasteiger partial charge in [0.15, 0.2) is 6.61 Å². The highest BCUT2D eigenvalue weighted by Gasteiger charge is 2.16. The number of nitrogens with zero attached hydrogens (tertiary/aromatic N) is 2. The van der Waals surface area contributed by atoms with Crippen LogP contribution >= 0.6 is 11.8 Å². The van der Waals surface area contributed by atoms with Crippen molar-refractivity contribution in [3.05, 3.63) is 53.6 Å². The van der Waals surface area contributed by atoms with Crippen molar-refractivity contribution in [1.29, 1.82) is 0 Å². The van der Waals surface area contributed by atoms with Gasteiger partial charge in [0.25, 0.3) is 5.91 Å². The molecule has 1 aliphatic rings. The smallest absolute Gasteiger partial charge is 0.316 e. The lowest BCUT2D eigenvalue weighted by Crippen LogP contribution is -2.46. The van der Waals surface area contributed by atoms with E-state index in [1.165, 1.54) is 17.3 Å². The average molecular weight is 442 g/mol. The van der Waals surface area contributed by atoms with E-state index < -0.39 is 5.97 Å². The predicted molar refractivity (Wildman–Crippen MR) is 127 cm³/mol. The van der Waals surface area contributed by atoms with E-state index >= 15 is 0 Å². The summed E-state index contributed by atoms with van der Waals surface area (Å²) < 4.78 is 5.12. The lowest BCUT2D eigenvalue weighted by atomic mass is 10.2. The normalized spacial score (nSPS) is 14.4. The summed E-state index contributed by atoms with van der Waals surface area (Å²) >= 11 is 1.42. The van der Waals surface area contributed by atoms with Crippen LogP contribution < -0.4 is 10.2 Å². The number of aryl methyl sites for hydroxylation is 2. The first-order valence-electron chi connectivity index (χ1n) is 10.7. The summed E-state index contributed by atoms with van der Waals surface area (Å²) in [6, 6.07) is 13.9. The molecule has 1 saturated heterocycles. The van der Waals surface area contributed by atoms with Gasteiger partial charge in [-0.25, -0.2) is 0 Å². The highest BCUT2D eigenvalue weighted by molar-refractivity contribution is 8.00. The number of piperazine rings is 1. The predicted octanol–water partition coefficient (Wildman–Crippen LogP) is 3.72. The molecule has 0 saturated carbocycles. The van der Waals surface area contributed by atoms with Gasteiger partial charge < -0.3 is 19.9 Å². The van der Waals surface area contributed by atoms with Crippen molar-refractivity contribution in [3.8, 4) is 0 Å². The first kappa shape index (κ1) is 23.2. The van der Waals surface area contributed by atoms with Gasteiger partial charge in [-0.2, -0.15) is 0 Å². The second-order valence-electron chi connectivity index (χ2n) is 7.73. The van der Waals surface area contributed by atoms with Crippen molar-refractivity contribution in [1.82, 2.24) is 4.90 Å². The van der Waals surface area contributed by atoms with Crippen LogP contribution in [0.15, 0.2) is 47.4 Å². The minimum Gasteiger partial charge on any atom is -0.455 e. The van der Waals surface area contributed by atoms with E-state index in [0.29, 0.717) is 5.69 Å². The third-order valence-corrected chi connectivity index (χ3v) is 6.53. The number of ether oxygens (including phenoxy) is 1. The highest BCUT2D eigenvalue weighted by atomic mass is 32.2. The molecule has 3 rings (SSSR count). The van der Waals surface area contributed by atoms with Crippen LogP contribution in [0.5, 0.6) is 0 Å². The molecule has 0 unspecified atom stereocenters. The van der Waals surface area contributed by atoms with Crippen LogP contribution in [-0.2, 0) is 14.3 Å². The van der Waals surface area contributed by atoms with E-state index in [2.05, 4.69) is 28.1 Å². The van der Waals surface area contributed by atoms with Gasteiger partial charge in [0.1, 0.15) is 0 Å². The van der Waals surface area contributed by atoms with Crippen molar-refractivity contribution in [2.24, 2.45) is 0 Å². The Balaban J connectivity index is 1.39. The zero-order valence-corrected chi connectivity index (χ0v) is 19.3. The molecule has 0 bridgehead atoms. The number of rotatable bonds is 8. The van der Waals surface area contributed by atoms with Crippen LogP contribution in [-0.4, -0.2) is 61.9 Å². The van der Waals surface area contributed by atoms with E-state index in [4.69, 9.17) is 4.74 Å². The number of likely N-dealkylation sites (N-methyl/N-ethyl adjacent to an activating group) is 1. The molecule has 2 aromatic rings. The van der Waals surface area contributed by atoms with Gasteiger partial charge in [0.2, 0.25) is 0 Å². The Morgan fingerprint density at radius 2 is 1.74 bits per heavy atom. The van der Waals surface area contributed by atoms with Gasteiger partial charge in [-0.15, -0.1) is 11.8 Å². The summed E-state index contributed by atoms with van der Waals surface area (Å²) in [4.78, 5) is 29.9. The van der Waals surface area contributed by atoms with Gasteiger partial charge in [0, 0.05) is 42.4 Å². The van der Waals surface area contributed by atoms with Crippen LogP contribution in [0.1, 0.15) is 18.1 Å². The van der Waals surface area contributed by atoms with Crippen molar-refractivity contribution >= 4 is 35.0 Å². The fourth-order valence-corrected chi connectivity index (χ4v) is 4.37. The molecule has 7 heteroatoms. The van der Waals surface area contributed by atoms with Crippen LogP contribution in [0, 0.1) is 13.8 Å². The molecular formula is C24H31N3O3S. The van der Waals surface area contributed by atoms with Crippen LogP contribution in [0.4, 0.5) is 11.4 Å². The van der Waals surface area contributed by atoms with Gasteiger partial charge in [-0.1, -0.05) is 24.6 Å². The average Bonchev–Trinajstić information content (AvgIpc) is 2.78. The topological polar surface area (TPSA) is 61.9 Å². The molecular weight excluding hydrogens is 410 g/mol. The van der Waals surface area contributed by atoms with E-state index in [0.717, 1.165) is 48.9 Å². The number of anilines is 2. The van der Waals surface area contributed by atoms with Gasteiger partial charge in [-0.05, 0) is 56.3 Å². The van der Waals surface area contributed by atoms with Crippen molar-refractivity contribution in [2.75, 3.05) is 55.3 Å². The molecule has 2 aromatic carbocycles. The maximum Gasteiger partial charge on any atom is 0.316 e. The number of carbonyl (C=O) groups is 2. The van der Waals surface area contributed by atoms with Gasteiger partial charge in [-0.3, -0.25) is 9.59 Å². The zero-order valence-electron chi connectivity index (χ0n) is 18.5. The highest BCUT2D eigenvalue weighted by Crippen LogP contribution is 2.23. The summed E-state index contributed by atoms with van der Waals surface area (Å²) in [6.45, 7) is 11.2. The number of carbonyl (C=O) groups excluding carboxylic acids is 2. The summed E-state index contributed by atoms with van der Waals surface area (Å²) in [5.41, 5.74) is 4.17. The molecule has 0 spiro atoms. The van der Waals surface area contributed by atoms with Crippen LogP contribution in [0.25, 0.3) is 0 Å². The molecule has 1 N–H and O–H groups in total. The molecule has 1 amide bonds. The Bertz CT molecular complexity index is 893. The second-order valence-corrected chi connectivity index (χ2v) is 8.75. The third-order valence-electron chi connectivity index (χ3n) is 5.38. The molecule has 1 heterocycles. The molecule has 0 aliphatic carbocycles. The standard InChI is InChI=1S/C24H31N3O3S/c1-4-26-11-13-27(14-12-26)21-8-6-20(7-9-21)25-23(28)16-30-24(29)17-31-22-10-5-18(2)15-19(22)3/h5-10,15H,4,11-14,16-17H2,1-3H3,(H,25,28). The fourth-order valence-electron chi connectivity index (χ4n) is 3.56. The Morgan fingerprint density at radius 1 is 1.03 bits per heavy atom. The fraction of sp³-hybridized carbons (Fsp3) is 0.417. The number of nitrogens with one attached hydrogen (secondary N) is 1. The quantitative estimate of drug-likeness (QED) is 0.498. The van der Waals surface area contributed by atoms with E-state index in [9.17, 15) is 9.59 Å². The summed E-state index contributed by atoms with van der Waals surface area (Å²) in [7, 11) is 0. The monoisotopic (exact) mass is 441 g/mol.